The zero-order valence-electron chi connectivity index (χ0n) is 18.0. The van der Waals surface area contributed by atoms with Gasteiger partial charge in [-0.3, -0.25) is 14.7 Å². The number of amides is 1. The molecule has 1 amide bonds. The highest BCUT2D eigenvalue weighted by molar-refractivity contribution is 5.78. The fourth-order valence-electron chi connectivity index (χ4n) is 4.37. The first-order valence-electron chi connectivity index (χ1n) is 11.1. The van der Waals surface area contributed by atoms with Gasteiger partial charge in [-0.25, -0.2) is 4.98 Å². The SMILES string of the molecule is O=C(CN1Cc2ccccc2OC(c2ccccc2)C1)N1CCN(c2cnccn2)CC1. The molecule has 3 aromatic rings. The minimum absolute atomic E-state index is 0.110. The van der Waals surface area contributed by atoms with Gasteiger partial charge in [0.05, 0.1) is 12.7 Å². The van der Waals surface area contributed by atoms with Gasteiger partial charge in [0, 0.05) is 57.2 Å². The second-order valence-electron chi connectivity index (χ2n) is 8.23. The lowest BCUT2D eigenvalue weighted by molar-refractivity contribution is -0.133. The van der Waals surface area contributed by atoms with Crippen LogP contribution >= 0.6 is 0 Å². The van der Waals surface area contributed by atoms with Gasteiger partial charge in [-0.1, -0.05) is 48.5 Å². The number of anilines is 1. The number of para-hydroxylation sites is 1. The Morgan fingerprint density at radius 3 is 2.53 bits per heavy atom. The van der Waals surface area contributed by atoms with E-state index in [1.165, 1.54) is 0 Å². The van der Waals surface area contributed by atoms with Crippen molar-refractivity contribution in [3.8, 4) is 5.75 Å². The molecule has 0 radical (unpaired) electrons. The van der Waals surface area contributed by atoms with Gasteiger partial charge in [0.2, 0.25) is 5.91 Å². The molecule has 3 heterocycles. The number of benzene rings is 2. The molecule has 2 aliphatic rings. The van der Waals surface area contributed by atoms with Gasteiger partial charge in [0.15, 0.2) is 0 Å². The Bertz CT molecular complexity index is 1040. The Labute approximate surface area is 188 Å². The average molecular weight is 430 g/mol. The molecule has 7 nitrogen and oxygen atoms in total. The highest BCUT2D eigenvalue weighted by Gasteiger charge is 2.28. The van der Waals surface area contributed by atoms with Crippen LogP contribution in [0.15, 0.2) is 73.2 Å². The molecule has 5 rings (SSSR count). The Hall–Kier alpha value is -3.45. The Kier molecular flexibility index (Phi) is 5.98. The highest BCUT2D eigenvalue weighted by atomic mass is 16.5. The molecule has 32 heavy (non-hydrogen) atoms. The molecule has 2 aromatic carbocycles. The quantitative estimate of drug-likeness (QED) is 0.636. The van der Waals surface area contributed by atoms with Crippen molar-refractivity contribution in [3.05, 3.63) is 84.3 Å². The van der Waals surface area contributed by atoms with Crippen LogP contribution in [0.1, 0.15) is 17.2 Å². The smallest absolute Gasteiger partial charge is 0.236 e. The Morgan fingerprint density at radius 2 is 1.75 bits per heavy atom. The van der Waals surface area contributed by atoms with Gasteiger partial charge in [-0.05, 0) is 11.6 Å². The van der Waals surface area contributed by atoms with E-state index in [0.717, 1.165) is 35.8 Å². The van der Waals surface area contributed by atoms with Gasteiger partial charge in [0.1, 0.15) is 17.7 Å². The number of fused-ring (bicyclic) bond motifs is 1. The second-order valence-corrected chi connectivity index (χ2v) is 8.23. The molecular formula is C25H27N5O2. The van der Waals surface area contributed by atoms with Crippen molar-refractivity contribution in [3.63, 3.8) is 0 Å². The fraction of sp³-hybridized carbons (Fsp3) is 0.320. The van der Waals surface area contributed by atoms with Crippen molar-refractivity contribution in [2.75, 3.05) is 44.2 Å². The van der Waals surface area contributed by atoms with Gasteiger partial charge in [0.25, 0.3) is 0 Å². The number of rotatable bonds is 4. The van der Waals surface area contributed by atoms with Gasteiger partial charge in [-0.2, -0.15) is 0 Å². The molecule has 0 N–H and O–H groups in total. The number of carbonyl (C=O) groups is 1. The molecule has 0 saturated carbocycles. The Morgan fingerprint density at radius 1 is 0.969 bits per heavy atom. The van der Waals surface area contributed by atoms with Crippen molar-refractivity contribution >= 4 is 11.7 Å². The van der Waals surface area contributed by atoms with Crippen LogP contribution in [0.2, 0.25) is 0 Å². The molecule has 1 atom stereocenters. The van der Waals surface area contributed by atoms with Crippen LogP contribution in [0.3, 0.4) is 0 Å². The zero-order chi connectivity index (χ0) is 21.8. The molecule has 164 valence electrons. The third-order valence-corrected chi connectivity index (χ3v) is 6.10. The molecule has 2 aliphatic heterocycles. The Balaban J connectivity index is 1.26. The molecule has 1 fully saturated rings. The van der Waals surface area contributed by atoms with Crippen LogP contribution < -0.4 is 9.64 Å². The summed E-state index contributed by atoms with van der Waals surface area (Å²) in [5, 5.41) is 0. The monoisotopic (exact) mass is 429 g/mol. The van der Waals surface area contributed by atoms with Gasteiger partial charge < -0.3 is 14.5 Å². The third kappa shape index (κ3) is 4.57. The summed E-state index contributed by atoms with van der Waals surface area (Å²) in [4.78, 5) is 28.0. The van der Waals surface area contributed by atoms with Crippen LogP contribution in [0.5, 0.6) is 5.75 Å². The normalized spacial score (nSPS) is 19.1. The average Bonchev–Trinajstić information content (AvgIpc) is 3.04. The molecule has 0 aliphatic carbocycles. The topological polar surface area (TPSA) is 61.8 Å². The zero-order valence-corrected chi connectivity index (χ0v) is 18.0. The van der Waals surface area contributed by atoms with E-state index in [1.807, 2.05) is 41.3 Å². The lowest BCUT2D eigenvalue weighted by atomic mass is 10.1. The maximum absolute atomic E-state index is 13.2. The van der Waals surface area contributed by atoms with E-state index in [0.29, 0.717) is 32.7 Å². The maximum atomic E-state index is 13.2. The summed E-state index contributed by atoms with van der Waals surface area (Å²) in [6.07, 6.45) is 5.04. The molecule has 7 heteroatoms. The molecule has 0 bridgehead atoms. The summed E-state index contributed by atoms with van der Waals surface area (Å²) < 4.78 is 6.38. The van der Waals surface area contributed by atoms with E-state index in [9.17, 15) is 4.79 Å². The van der Waals surface area contributed by atoms with Gasteiger partial charge in [-0.15, -0.1) is 0 Å². The first-order valence-corrected chi connectivity index (χ1v) is 11.1. The predicted octanol–water partition coefficient (Wildman–Crippen LogP) is 2.76. The molecule has 0 spiro atoms. The van der Waals surface area contributed by atoms with E-state index < -0.39 is 0 Å². The number of nitrogens with zero attached hydrogens (tertiary/aromatic N) is 5. The lowest BCUT2D eigenvalue weighted by Gasteiger charge is -2.36. The minimum Gasteiger partial charge on any atom is -0.484 e. The van der Waals surface area contributed by atoms with Crippen LogP contribution in [0.4, 0.5) is 5.82 Å². The van der Waals surface area contributed by atoms with E-state index in [-0.39, 0.29) is 12.0 Å². The number of hydrogen-bond donors (Lipinski definition) is 0. The van der Waals surface area contributed by atoms with Gasteiger partial charge >= 0.3 is 0 Å². The maximum Gasteiger partial charge on any atom is 0.236 e. The first kappa shape index (κ1) is 20.5. The van der Waals surface area contributed by atoms with Crippen LogP contribution in [-0.4, -0.2) is 64.9 Å². The summed E-state index contributed by atoms with van der Waals surface area (Å²) >= 11 is 0. The summed E-state index contributed by atoms with van der Waals surface area (Å²) in [6.45, 7) is 4.67. The van der Waals surface area contributed by atoms with Crippen molar-refractivity contribution in [1.82, 2.24) is 19.8 Å². The fourth-order valence-corrected chi connectivity index (χ4v) is 4.37. The third-order valence-electron chi connectivity index (χ3n) is 6.10. The van der Waals surface area contributed by atoms with Crippen molar-refractivity contribution in [2.45, 2.75) is 12.6 Å². The lowest BCUT2D eigenvalue weighted by Crippen LogP contribution is -2.51. The summed E-state index contributed by atoms with van der Waals surface area (Å²) in [7, 11) is 0. The highest BCUT2D eigenvalue weighted by Crippen LogP contribution is 2.31. The number of aromatic nitrogens is 2. The molecular weight excluding hydrogens is 402 g/mol. The summed E-state index contributed by atoms with van der Waals surface area (Å²) in [6, 6.07) is 18.4. The van der Waals surface area contributed by atoms with E-state index in [4.69, 9.17) is 4.74 Å². The van der Waals surface area contributed by atoms with Crippen molar-refractivity contribution < 1.29 is 9.53 Å². The van der Waals surface area contributed by atoms with Crippen molar-refractivity contribution in [1.29, 1.82) is 0 Å². The van der Waals surface area contributed by atoms with E-state index in [2.05, 4.69) is 38.0 Å². The van der Waals surface area contributed by atoms with Crippen LogP contribution in [0.25, 0.3) is 0 Å². The number of carbonyl (C=O) groups excluding carboxylic acids is 1. The van der Waals surface area contributed by atoms with E-state index >= 15 is 0 Å². The second kappa shape index (κ2) is 9.36. The van der Waals surface area contributed by atoms with Crippen molar-refractivity contribution in [2.24, 2.45) is 0 Å². The summed E-state index contributed by atoms with van der Waals surface area (Å²) in [5.74, 6) is 1.93. The minimum atomic E-state index is -0.110. The molecule has 1 aromatic heterocycles. The van der Waals surface area contributed by atoms with Crippen LogP contribution in [-0.2, 0) is 11.3 Å². The molecule has 1 saturated heterocycles. The standard InChI is InChI=1S/C25H27N5O2/c31-25(30-14-12-29(13-15-30)24-16-26-10-11-27-24)19-28-17-21-8-4-5-9-22(21)32-23(18-28)20-6-2-1-3-7-20/h1-11,16,23H,12-15,17-19H2. The number of piperazine rings is 1. The predicted molar refractivity (Wildman–Crippen MR) is 122 cm³/mol. The van der Waals surface area contributed by atoms with E-state index in [1.54, 1.807) is 18.6 Å². The van der Waals surface area contributed by atoms with Crippen LogP contribution in [0, 0.1) is 0 Å². The number of ether oxygens (including phenoxy) is 1. The first-order chi connectivity index (χ1) is 15.8. The number of hydrogen-bond acceptors (Lipinski definition) is 6. The summed E-state index contributed by atoms with van der Waals surface area (Å²) in [5.41, 5.74) is 2.24. The largest absolute Gasteiger partial charge is 0.484 e. The molecule has 1 unspecified atom stereocenters.